The minimum atomic E-state index is -0.156. The molecule has 0 amide bonds. The third-order valence-electron chi connectivity index (χ3n) is 5.63. The second kappa shape index (κ2) is 2.91. The molecule has 18 heavy (non-hydrogen) atoms. The molecule has 1 aromatic heterocycles. The first-order valence-corrected chi connectivity index (χ1v) is 7.06. The molecule has 4 saturated carbocycles. The first kappa shape index (κ1) is 10.8. The van der Waals surface area contributed by atoms with Gasteiger partial charge in [-0.2, -0.15) is 5.10 Å². The van der Waals surface area contributed by atoms with Gasteiger partial charge in [-0.3, -0.25) is 4.98 Å². The highest BCUT2D eigenvalue weighted by Crippen LogP contribution is 2.69. The quantitative estimate of drug-likeness (QED) is 0.800. The lowest BCUT2D eigenvalue weighted by Crippen LogP contribution is -2.57. The van der Waals surface area contributed by atoms with E-state index in [1.165, 1.54) is 38.5 Å². The molecule has 4 aliphatic carbocycles. The fraction of sp³-hybridized carbons (Fsp3) is 0.857. The fourth-order valence-electron chi connectivity index (χ4n) is 6.23. The predicted molar refractivity (Wildman–Crippen MR) is 68.3 cm³/mol. The Bertz CT molecular complexity index is 539. The summed E-state index contributed by atoms with van der Waals surface area (Å²) in [7, 11) is 0. The molecule has 4 aliphatic rings. The molecule has 5 rings (SSSR count). The van der Waals surface area contributed by atoms with Gasteiger partial charge in [0.1, 0.15) is 5.82 Å². The van der Waals surface area contributed by atoms with Crippen LogP contribution in [0.3, 0.4) is 0 Å². The average molecular weight is 247 g/mol. The first-order chi connectivity index (χ1) is 8.41. The Balaban J connectivity index is 1.84. The Kier molecular flexibility index (Phi) is 1.75. The molecule has 4 fully saturated rings. The van der Waals surface area contributed by atoms with Crippen LogP contribution < -0.4 is 5.69 Å². The highest BCUT2D eigenvalue weighted by molar-refractivity contribution is 5.21. The molecule has 4 bridgehead atoms. The summed E-state index contributed by atoms with van der Waals surface area (Å²) in [4.78, 5) is 14.3. The van der Waals surface area contributed by atoms with Gasteiger partial charge >= 0.3 is 5.69 Å². The summed E-state index contributed by atoms with van der Waals surface area (Å²) in [6.45, 7) is 4.88. The number of nitrogens with one attached hydrogen (secondary N) is 2. The van der Waals surface area contributed by atoms with E-state index < -0.39 is 0 Å². The van der Waals surface area contributed by atoms with Crippen molar-refractivity contribution in [3.63, 3.8) is 0 Å². The molecule has 0 aliphatic heterocycles. The average Bonchev–Trinajstić information content (AvgIpc) is 2.59. The van der Waals surface area contributed by atoms with Crippen LogP contribution in [0.4, 0.5) is 0 Å². The standard InChI is InChI=1S/C14H21N3O/c1-12-3-9-4-13(2,6-12)8-14(5-9,7-12)10-15-11(18)17-16-10/h9H,3-8H2,1-2H3,(H2,15,16,17,18). The second-order valence-corrected chi connectivity index (χ2v) is 7.94. The van der Waals surface area contributed by atoms with E-state index in [9.17, 15) is 4.79 Å². The molecule has 0 radical (unpaired) electrons. The number of hydrogen-bond donors (Lipinski definition) is 2. The van der Waals surface area contributed by atoms with Crippen LogP contribution in [0.25, 0.3) is 0 Å². The van der Waals surface area contributed by atoms with E-state index in [0.29, 0.717) is 10.8 Å². The van der Waals surface area contributed by atoms with Gasteiger partial charge in [0, 0.05) is 5.41 Å². The Morgan fingerprint density at radius 2 is 1.78 bits per heavy atom. The highest BCUT2D eigenvalue weighted by Gasteiger charge is 2.61. The van der Waals surface area contributed by atoms with Crippen molar-refractivity contribution >= 4 is 0 Å². The van der Waals surface area contributed by atoms with E-state index in [1.807, 2.05) is 0 Å². The molecule has 0 aromatic carbocycles. The third-order valence-corrected chi connectivity index (χ3v) is 5.63. The Morgan fingerprint density at radius 1 is 1.11 bits per heavy atom. The van der Waals surface area contributed by atoms with Crippen molar-refractivity contribution in [3.8, 4) is 0 Å². The van der Waals surface area contributed by atoms with Crippen molar-refractivity contribution in [1.82, 2.24) is 15.2 Å². The molecule has 1 aromatic rings. The van der Waals surface area contributed by atoms with Gasteiger partial charge in [0.05, 0.1) is 0 Å². The summed E-state index contributed by atoms with van der Waals surface area (Å²) in [5, 5.41) is 6.83. The van der Waals surface area contributed by atoms with Gasteiger partial charge in [0.2, 0.25) is 0 Å². The van der Waals surface area contributed by atoms with Gasteiger partial charge in [0.15, 0.2) is 0 Å². The van der Waals surface area contributed by atoms with E-state index in [0.717, 1.165) is 11.7 Å². The summed E-state index contributed by atoms with van der Waals surface area (Å²) in [5.41, 5.74) is 0.909. The minimum absolute atomic E-state index is 0.141. The van der Waals surface area contributed by atoms with Crippen LogP contribution in [0.1, 0.15) is 58.2 Å². The topological polar surface area (TPSA) is 61.5 Å². The van der Waals surface area contributed by atoms with Crippen molar-refractivity contribution in [2.24, 2.45) is 16.7 Å². The zero-order valence-corrected chi connectivity index (χ0v) is 11.2. The molecule has 0 spiro atoms. The zero-order chi connectivity index (χ0) is 12.6. The maximum atomic E-state index is 11.4. The lowest BCUT2D eigenvalue weighted by Gasteiger charge is -2.64. The monoisotopic (exact) mass is 247 g/mol. The van der Waals surface area contributed by atoms with Gasteiger partial charge in [-0.15, -0.1) is 0 Å². The third kappa shape index (κ3) is 1.32. The predicted octanol–water partition coefficient (Wildman–Crippen LogP) is 2.35. The van der Waals surface area contributed by atoms with E-state index in [4.69, 9.17) is 0 Å². The molecule has 2 atom stereocenters. The fourth-order valence-corrected chi connectivity index (χ4v) is 6.23. The van der Waals surface area contributed by atoms with Crippen LogP contribution in [-0.2, 0) is 5.41 Å². The molecule has 0 saturated heterocycles. The first-order valence-electron chi connectivity index (χ1n) is 7.06. The summed E-state index contributed by atoms with van der Waals surface area (Å²) >= 11 is 0. The van der Waals surface area contributed by atoms with Crippen molar-refractivity contribution in [3.05, 3.63) is 16.3 Å². The highest BCUT2D eigenvalue weighted by atomic mass is 16.1. The van der Waals surface area contributed by atoms with Crippen LogP contribution in [-0.4, -0.2) is 15.2 Å². The van der Waals surface area contributed by atoms with E-state index in [1.54, 1.807) is 0 Å². The normalized spacial score (nSPS) is 49.8. The molecule has 98 valence electrons. The zero-order valence-electron chi connectivity index (χ0n) is 11.2. The number of aromatic nitrogens is 3. The maximum Gasteiger partial charge on any atom is 0.340 e. The molecule has 2 unspecified atom stereocenters. The van der Waals surface area contributed by atoms with Crippen LogP contribution >= 0.6 is 0 Å². The molecular weight excluding hydrogens is 226 g/mol. The largest absolute Gasteiger partial charge is 0.340 e. The van der Waals surface area contributed by atoms with Crippen molar-refractivity contribution in [2.75, 3.05) is 0 Å². The number of nitrogens with zero attached hydrogens (tertiary/aromatic N) is 1. The van der Waals surface area contributed by atoms with Gasteiger partial charge in [-0.1, -0.05) is 13.8 Å². The van der Waals surface area contributed by atoms with Gasteiger partial charge < -0.3 is 0 Å². The summed E-state index contributed by atoms with van der Waals surface area (Å²) in [6.07, 6.45) is 7.73. The summed E-state index contributed by atoms with van der Waals surface area (Å²) in [5.74, 6) is 1.76. The minimum Gasteiger partial charge on any atom is -0.292 e. The lowest BCUT2D eigenvalue weighted by atomic mass is 9.40. The lowest BCUT2D eigenvalue weighted by molar-refractivity contribution is -0.112. The van der Waals surface area contributed by atoms with Crippen molar-refractivity contribution < 1.29 is 0 Å². The van der Waals surface area contributed by atoms with Gasteiger partial charge in [-0.05, 0) is 55.3 Å². The number of H-pyrrole nitrogens is 2. The van der Waals surface area contributed by atoms with Crippen molar-refractivity contribution in [1.29, 1.82) is 0 Å². The van der Waals surface area contributed by atoms with E-state index >= 15 is 0 Å². The Morgan fingerprint density at radius 3 is 2.28 bits per heavy atom. The molecule has 4 heteroatoms. The number of hydrogen-bond acceptors (Lipinski definition) is 2. The van der Waals surface area contributed by atoms with Crippen LogP contribution in [0.5, 0.6) is 0 Å². The van der Waals surface area contributed by atoms with Crippen molar-refractivity contribution in [2.45, 2.75) is 57.8 Å². The van der Waals surface area contributed by atoms with E-state index in [-0.39, 0.29) is 11.1 Å². The van der Waals surface area contributed by atoms with Crippen LogP contribution in [0.2, 0.25) is 0 Å². The molecular formula is C14H21N3O. The van der Waals surface area contributed by atoms with Crippen LogP contribution in [0.15, 0.2) is 4.79 Å². The van der Waals surface area contributed by atoms with E-state index in [2.05, 4.69) is 29.0 Å². The number of aromatic amines is 2. The smallest absolute Gasteiger partial charge is 0.292 e. The summed E-state index contributed by atoms with van der Waals surface area (Å²) < 4.78 is 0. The molecule has 4 nitrogen and oxygen atoms in total. The maximum absolute atomic E-state index is 11.4. The second-order valence-electron chi connectivity index (χ2n) is 7.94. The SMILES string of the molecule is CC12CC3CC(C)(C1)CC(c1n[nH]c(=O)[nH]1)(C3)C2. The molecule has 2 N–H and O–H groups in total. The van der Waals surface area contributed by atoms with Gasteiger partial charge in [0.25, 0.3) is 0 Å². The van der Waals surface area contributed by atoms with Gasteiger partial charge in [-0.25, -0.2) is 9.89 Å². The Hall–Kier alpha value is -1.06. The summed E-state index contributed by atoms with van der Waals surface area (Å²) in [6, 6.07) is 0. The Labute approximate surface area is 107 Å². The molecule has 1 heterocycles. The van der Waals surface area contributed by atoms with Crippen LogP contribution in [0, 0.1) is 16.7 Å². The number of rotatable bonds is 1.